The Morgan fingerprint density at radius 1 is 1.43 bits per heavy atom. The molecule has 0 aromatic carbocycles. The average molecular weight is 262 g/mol. The van der Waals surface area contributed by atoms with Crippen molar-refractivity contribution >= 4 is 21.8 Å². The second-order valence-electron chi connectivity index (χ2n) is 4.20. The number of halogens is 1. The van der Waals surface area contributed by atoms with Crippen LogP contribution in [0.5, 0.6) is 0 Å². The lowest BCUT2D eigenvalue weighted by molar-refractivity contribution is -0.120. The van der Waals surface area contributed by atoms with E-state index >= 15 is 0 Å². The van der Waals surface area contributed by atoms with Crippen LogP contribution in [0.3, 0.4) is 0 Å². The quantitative estimate of drug-likeness (QED) is 0.775. The van der Waals surface area contributed by atoms with Gasteiger partial charge in [-0.05, 0) is 19.3 Å². The molecule has 0 aromatic heterocycles. The van der Waals surface area contributed by atoms with Gasteiger partial charge in [0, 0.05) is 6.54 Å². The molecule has 1 aliphatic carbocycles. The fourth-order valence-electron chi connectivity index (χ4n) is 2.02. The van der Waals surface area contributed by atoms with E-state index in [1.54, 1.807) is 0 Å². The van der Waals surface area contributed by atoms with E-state index < -0.39 is 0 Å². The van der Waals surface area contributed by atoms with Gasteiger partial charge >= 0.3 is 0 Å². The van der Waals surface area contributed by atoms with Crippen LogP contribution in [-0.2, 0) is 4.79 Å². The SMILES string of the molecule is CC(Br)C(=O)NCCC1CCCCC1. The predicted molar refractivity (Wildman–Crippen MR) is 62.6 cm³/mol. The minimum atomic E-state index is -0.0612. The highest BCUT2D eigenvalue weighted by Gasteiger charge is 2.14. The lowest BCUT2D eigenvalue weighted by Crippen LogP contribution is -2.31. The smallest absolute Gasteiger partial charge is 0.233 e. The van der Waals surface area contributed by atoms with Gasteiger partial charge in [-0.2, -0.15) is 0 Å². The third-order valence-corrected chi connectivity index (χ3v) is 3.35. The monoisotopic (exact) mass is 261 g/mol. The molecule has 14 heavy (non-hydrogen) atoms. The van der Waals surface area contributed by atoms with Crippen LogP contribution >= 0.6 is 15.9 Å². The molecule has 0 saturated heterocycles. The van der Waals surface area contributed by atoms with E-state index in [9.17, 15) is 4.79 Å². The van der Waals surface area contributed by atoms with Gasteiger partial charge in [0.25, 0.3) is 0 Å². The maximum Gasteiger partial charge on any atom is 0.233 e. The summed E-state index contributed by atoms with van der Waals surface area (Å²) < 4.78 is 0. The highest BCUT2D eigenvalue weighted by molar-refractivity contribution is 9.10. The highest BCUT2D eigenvalue weighted by Crippen LogP contribution is 2.25. The van der Waals surface area contributed by atoms with Crippen molar-refractivity contribution in [3.8, 4) is 0 Å². The molecule has 82 valence electrons. The lowest BCUT2D eigenvalue weighted by Gasteiger charge is -2.21. The minimum Gasteiger partial charge on any atom is -0.355 e. The topological polar surface area (TPSA) is 29.1 Å². The number of alkyl halides is 1. The summed E-state index contributed by atoms with van der Waals surface area (Å²) in [5, 5.41) is 2.94. The van der Waals surface area contributed by atoms with E-state index in [1.165, 1.54) is 32.1 Å². The molecule has 1 N–H and O–H groups in total. The molecule has 1 atom stereocenters. The summed E-state index contributed by atoms with van der Waals surface area (Å²) in [5.41, 5.74) is 0. The van der Waals surface area contributed by atoms with Crippen LogP contribution in [0.4, 0.5) is 0 Å². The van der Waals surface area contributed by atoms with Crippen molar-refractivity contribution < 1.29 is 4.79 Å². The molecule has 0 aliphatic heterocycles. The van der Waals surface area contributed by atoms with Crippen LogP contribution < -0.4 is 5.32 Å². The van der Waals surface area contributed by atoms with Crippen LogP contribution in [-0.4, -0.2) is 17.3 Å². The second-order valence-corrected chi connectivity index (χ2v) is 5.57. The number of hydrogen-bond donors (Lipinski definition) is 1. The molecule has 1 fully saturated rings. The minimum absolute atomic E-state index is 0.0612. The molecule has 1 aliphatic rings. The van der Waals surface area contributed by atoms with Gasteiger partial charge in [0.2, 0.25) is 5.91 Å². The molecule has 0 radical (unpaired) electrons. The molecule has 2 nitrogen and oxygen atoms in total. The predicted octanol–water partition coefficient (Wildman–Crippen LogP) is 2.86. The van der Waals surface area contributed by atoms with Gasteiger partial charge in [-0.3, -0.25) is 4.79 Å². The maximum atomic E-state index is 11.2. The Balaban J connectivity index is 2.05. The fraction of sp³-hybridized carbons (Fsp3) is 0.909. The summed E-state index contributed by atoms with van der Waals surface area (Å²) in [6.07, 6.45) is 8.05. The van der Waals surface area contributed by atoms with Gasteiger partial charge in [-0.1, -0.05) is 48.0 Å². The van der Waals surface area contributed by atoms with Crippen LogP contribution in [0.25, 0.3) is 0 Å². The summed E-state index contributed by atoms with van der Waals surface area (Å²) in [6.45, 7) is 2.70. The van der Waals surface area contributed by atoms with Crippen LogP contribution in [0.1, 0.15) is 45.4 Å². The lowest BCUT2D eigenvalue weighted by atomic mass is 9.87. The molecule has 0 heterocycles. The molecule has 1 saturated carbocycles. The fourth-order valence-corrected chi connectivity index (χ4v) is 2.18. The molecule has 0 bridgehead atoms. The van der Waals surface area contributed by atoms with E-state index in [1.807, 2.05) is 6.92 Å². The van der Waals surface area contributed by atoms with Crippen LogP contribution in [0.2, 0.25) is 0 Å². The Kier molecular flexibility index (Phi) is 5.53. The first-order valence-corrected chi connectivity index (χ1v) is 6.53. The number of hydrogen-bond acceptors (Lipinski definition) is 1. The van der Waals surface area contributed by atoms with Crippen molar-refractivity contribution in [3.63, 3.8) is 0 Å². The zero-order valence-corrected chi connectivity index (χ0v) is 10.5. The second kappa shape index (κ2) is 6.44. The van der Waals surface area contributed by atoms with Gasteiger partial charge in [-0.25, -0.2) is 0 Å². The van der Waals surface area contributed by atoms with E-state index in [4.69, 9.17) is 0 Å². The first-order valence-electron chi connectivity index (χ1n) is 5.62. The molecule has 1 amide bonds. The number of nitrogens with one attached hydrogen (secondary N) is 1. The van der Waals surface area contributed by atoms with Crippen LogP contribution in [0, 0.1) is 5.92 Å². The molecule has 0 spiro atoms. The Labute approximate surface area is 95.0 Å². The van der Waals surface area contributed by atoms with Gasteiger partial charge in [0.15, 0.2) is 0 Å². The molecular weight excluding hydrogens is 242 g/mol. The summed E-state index contributed by atoms with van der Waals surface area (Å²) in [4.78, 5) is 11.2. The Morgan fingerprint density at radius 2 is 2.07 bits per heavy atom. The maximum absolute atomic E-state index is 11.2. The van der Waals surface area contributed by atoms with Crippen LogP contribution in [0.15, 0.2) is 0 Å². The van der Waals surface area contributed by atoms with Gasteiger partial charge in [0.1, 0.15) is 0 Å². The summed E-state index contributed by atoms with van der Waals surface area (Å²) in [6, 6.07) is 0. The van der Waals surface area contributed by atoms with Crippen molar-refractivity contribution in [2.24, 2.45) is 5.92 Å². The van der Waals surface area contributed by atoms with E-state index in [-0.39, 0.29) is 10.7 Å². The van der Waals surface area contributed by atoms with Crippen molar-refractivity contribution in [3.05, 3.63) is 0 Å². The first-order chi connectivity index (χ1) is 6.70. The van der Waals surface area contributed by atoms with Gasteiger partial charge in [-0.15, -0.1) is 0 Å². The first kappa shape index (κ1) is 12.0. The normalized spacial score (nSPS) is 20.4. The Bertz CT molecular complexity index is 176. The molecule has 1 unspecified atom stereocenters. The third-order valence-electron chi connectivity index (χ3n) is 2.94. The number of amides is 1. The molecule has 3 heteroatoms. The molecule has 1 rings (SSSR count). The summed E-state index contributed by atoms with van der Waals surface area (Å²) in [5.74, 6) is 0.968. The largest absolute Gasteiger partial charge is 0.355 e. The summed E-state index contributed by atoms with van der Waals surface area (Å²) >= 11 is 3.25. The standard InChI is InChI=1S/C11H20BrNO/c1-9(12)11(14)13-8-7-10-5-3-2-4-6-10/h9-10H,2-8H2,1H3,(H,13,14). The number of carbonyl (C=O) groups excluding carboxylic acids is 1. The average Bonchev–Trinajstić information content (AvgIpc) is 2.19. The molecular formula is C11H20BrNO. The van der Waals surface area contributed by atoms with Crippen molar-refractivity contribution in [1.82, 2.24) is 5.32 Å². The van der Waals surface area contributed by atoms with E-state index in [2.05, 4.69) is 21.2 Å². The zero-order valence-electron chi connectivity index (χ0n) is 8.89. The number of carbonyl (C=O) groups is 1. The van der Waals surface area contributed by atoms with E-state index in [0.717, 1.165) is 18.9 Å². The number of rotatable bonds is 4. The van der Waals surface area contributed by atoms with Gasteiger partial charge in [0.05, 0.1) is 4.83 Å². The summed E-state index contributed by atoms with van der Waals surface area (Å²) in [7, 11) is 0. The van der Waals surface area contributed by atoms with Crippen molar-refractivity contribution in [2.45, 2.75) is 50.3 Å². The van der Waals surface area contributed by atoms with Crippen molar-refractivity contribution in [2.75, 3.05) is 6.54 Å². The zero-order chi connectivity index (χ0) is 10.4. The highest BCUT2D eigenvalue weighted by atomic mass is 79.9. The Morgan fingerprint density at radius 3 is 2.64 bits per heavy atom. The third kappa shape index (κ3) is 4.45. The Hall–Kier alpha value is -0.0500. The molecule has 0 aromatic rings. The van der Waals surface area contributed by atoms with Crippen molar-refractivity contribution in [1.29, 1.82) is 0 Å². The van der Waals surface area contributed by atoms with Gasteiger partial charge < -0.3 is 5.32 Å². The van der Waals surface area contributed by atoms with E-state index in [0.29, 0.717) is 0 Å².